The van der Waals surface area contributed by atoms with Crippen LogP contribution in [0.3, 0.4) is 0 Å². The standard InChI is InChI=1S/C19H23N3O5S2/c1-4-28(24,25)20-16-7-5-14(6-8-16)19(23)22-12-11-15-13-17(9-10-18(15)22)29(26,27)21(2)3/h5-10,13,20H,4,11-12H2,1-3H3. The molecule has 10 heteroatoms. The summed E-state index contributed by atoms with van der Waals surface area (Å²) in [5.74, 6) is -0.263. The molecule has 29 heavy (non-hydrogen) atoms. The van der Waals surface area contributed by atoms with E-state index in [1.807, 2.05) is 0 Å². The van der Waals surface area contributed by atoms with E-state index in [1.54, 1.807) is 48.2 Å². The number of nitrogens with one attached hydrogen (secondary N) is 1. The summed E-state index contributed by atoms with van der Waals surface area (Å²) in [6, 6.07) is 11.0. The van der Waals surface area contributed by atoms with Gasteiger partial charge in [0, 0.05) is 37.6 Å². The summed E-state index contributed by atoms with van der Waals surface area (Å²) in [7, 11) is -3.97. The number of carbonyl (C=O) groups is 1. The summed E-state index contributed by atoms with van der Waals surface area (Å²) in [6.07, 6.45) is 0.562. The smallest absolute Gasteiger partial charge is 0.258 e. The average Bonchev–Trinajstić information content (AvgIpc) is 3.11. The van der Waals surface area contributed by atoms with E-state index in [9.17, 15) is 21.6 Å². The van der Waals surface area contributed by atoms with Crippen LogP contribution in [0.5, 0.6) is 0 Å². The van der Waals surface area contributed by atoms with Crippen LogP contribution in [0.2, 0.25) is 0 Å². The van der Waals surface area contributed by atoms with E-state index in [0.29, 0.717) is 29.9 Å². The molecule has 0 saturated carbocycles. The quantitative estimate of drug-likeness (QED) is 0.743. The van der Waals surface area contributed by atoms with Gasteiger partial charge in [0.05, 0.1) is 10.6 Å². The van der Waals surface area contributed by atoms with Gasteiger partial charge in [-0.05, 0) is 61.4 Å². The van der Waals surface area contributed by atoms with Gasteiger partial charge < -0.3 is 4.90 Å². The Morgan fingerprint density at radius 1 is 1.07 bits per heavy atom. The largest absolute Gasteiger partial charge is 0.308 e. The molecule has 0 spiro atoms. The van der Waals surface area contributed by atoms with Gasteiger partial charge in [-0.1, -0.05) is 0 Å². The molecule has 0 unspecified atom stereocenters. The Balaban J connectivity index is 1.83. The Bertz CT molecular complexity index is 1140. The maximum atomic E-state index is 12.9. The SMILES string of the molecule is CCS(=O)(=O)Nc1ccc(C(=O)N2CCc3cc(S(=O)(=O)N(C)C)ccc32)cc1. The van der Waals surface area contributed by atoms with E-state index in [-0.39, 0.29) is 16.6 Å². The number of amides is 1. The van der Waals surface area contributed by atoms with Crippen LogP contribution in [0.15, 0.2) is 47.4 Å². The number of hydrogen-bond acceptors (Lipinski definition) is 5. The zero-order valence-corrected chi connectivity index (χ0v) is 18.0. The Hall–Kier alpha value is -2.43. The minimum Gasteiger partial charge on any atom is -0.308 e. The highest BCUT2D eigenvalue weighted by molar-refractivity contribution is 7.92. The molecule has 1 N–H and O–H groups in total. The van der Waals surface area contributed by atoms with Crippen molar-refractivity contribution in [2.24, 2.45) is 0 Å². The molecule has 2 aromatic rings. The molecule has 0 fully saturated rings. The predicted octanol–water partition coefficient (Wildman–Crippen LogP) is 1.90. The monoisotopic (exact) mass is 437 g/mol. The van der Waals surface area contributed by atoms with Crippen molar-refractivity contribution in [2.45, 2.75) is 18.2 Å². The van der Waals surface area contributed by atoms with Crippen molar-refractivity contribution in [2.75, 3.05) is 36.0 Å². The fourth-order valence-corrected chi connectivity index (χ4v) is 4.64. The molecule has 3 rings (SSSR count). The van der Waals surface area contributed by atoms with Crippen molar-refractivity contribution >= 4 is 37.3 Å². The lowest BCUT2D eigenvalue weighted by Crippen LogP contribution is -2.29. The number of anilines is 2. The van der Waals surface area contributed by atoms with E-state index in [0.717, 1.165) is 9.87 Å². The molecule has 1 aliphatic rings. The molecule has 156 valence electrons. The predicted molar refractivity (Wildman–Crippen MR) is 112 cm³/mol. The topological polar surface area (TPSA) is 104 Å². The normalized spacial score (nSPS) is 14.1. The van der Waals surface area contributed by atoms with Gasteiger partial charge in [-0.2, -0.15) is 0 Å². The van der Waals surface area contributed by atoms with Gasteiger partial charge in [0.15, 0.2) is 0 Å². The van der Waals surface area contributed by atoms with Crippen LogP contribution in [0, 0.1) is 0 Å². The Labute approximate surface area is 171 Å². The second kappa shape index (κ2) is 7.77. The third kappa shape index (κ3) is 4.29. The summed E-state index contributed by atoms with van der Waals surface area (Å²) in [6.45, 7) is 1.99. The number of sulfonamides is 2. The molecule has 1 heterocycles. The van der Waals surface area contributed by atoms with Gasteiger partial charge in [0.1, 0.15) is 0 Å². The average molecular weight is 438 g/mol. The van der Waals surface area contributed by atoms with Crippen LogP contribution < -0.4 is 9.62 Å². The van der Waals surface area contributed by atoms with Crippen LogP contribution >= 0.6 is 0 Å². The Morgan fingerprint density at radius 2 is 1.72 bits per heavy atom. The number of nitrogens with zero attached hydrogens (tertiary/aromatic N) is 2. The molecule has 0 aliphatic carbocycles. The highest BCUT2D eigenvalue weighted by atomic mass is 32.2. The second-order valence-corrected chi connectivity index (χ2v) is 11.0. The zero-order chi connectivity index (χ0) is 21.4. The first-order chi connectivity index (χ1) is 13.5. The maximum Gasteiger partial charge on any atom is 0.258 e. The van der Waals surface area contributed by atoms with Crippen molar-refractivity contribution in [3.8, 4) is 0 Å². The molecule has 0 bridgehead atoms. The number of rotatable bonds is 6. The van der Waals surface area contributed by atoms with Crippen LogP contribution in [0.25, 0.3) is 0 Å². The van der Waals surface area contributed by atoms with Gasteiger partial charge in [-0.15, -0.1) is 0 Å². The van der Waals surface area contributed by atoms with Gasteiger partial charge in [0.25, 0.3) is 5.91 Å². The number of hydrogen-bond donors (Lipinski definition) is 1. The fraction of sp³-hybridized carbons (Fsp3) is 0.316. The van der Waals surface area contributed by atoms with Crippen LogP contribution in [-0.4, -0.2) is 53.4 Å². The van der Waals surface area contributed by atoms with Gasteiger partial charge in [-0.25, -0.2) is 21.1 Å². The van der Waals surface area contributed by atoms with Gasteiger partial charge in [0.2, 0.25) is 20.0 Å². The maximum absolute atomic E-state index is 12.9. The summed E-state index contributed by atoms with van der Waals surface area (Å²) < 4.78 is 51.5. The molecule has 8 nitrogen and oxygen atoms in total. The third-order valence-electron chi connectivity index (χ3n) is 4.76. The lowest BCUT2D eigenvalue weighted by Gasteiger charge is -2.18. The fourth-order valence-electron chi connectivity index (χ4n) is 3.05. The van der Waals surface area contributed by atoms with E-state index < -0.39 is 20.0 Å². The number of fused-ring (bicyclic) bond motifs is 1. The Kier molecular flexibility index (Phi) is 5.70. The first-order valence-electron chi connectivity index (χ1n) is 9.03. The lowest BCUT2D eigenvalue weighted by molar-refractivity contribution is 0.0989. The summed E-state index contributed by atoms with van der Waals surface area (Å²) >= 11 is 0. The Morgan fingerprint density at radius 3 is 2.31 bits per heavy atom. The molecule has 0 atom stereocenters. The summed E-state index contributed by atoms with van der Waals surface area (Å²) in [4.78, 5) is 14.7. The van der Waals surface area contributed by atoms with E-state index in [2.05, 4.69) is 4.72 Å². The van der Waals surface area contributed by atoms with Gasteiger partial charge in [-0.3, -0.25) is 9.52 Å². The molecular weight excluding hydrogens is 414 g/mol. The van der Waals surface area contributed by atoms with E-state index in [1.165, 1.54) is 20.2 Å². The molecule has 2 aromatic carbocycles. The van der Waals surface area contributed by atoms with E-state index >= 15 is 0 Å². The van der Waals surface area contributed by atoms with Crippen molar-refractivity contribution in [3.63, 3.8) is 0 Å². The highest BCUT2D eigenvalue weighted by Gasteiger charge is 2.28. The first-order valence-corrected chi connectivity index (χ1v) is 12.1. The van der Waals surface area contributed by atoms with Crippen molar-refractivity contribution in [3.05, 3.63) is 53.6 Å². The number of benzene rings is 2. The molecule has 1 amide bonds. The van der Waals surface area contributed by atoms with Crippen LogP contribution in [-0.2, 0) is 26.5 Å². The van der Waals surface area contributed by atoms with E-state index in [4.69, 9.17) is 0 Å². The third-order valence-corrected chi connectivity index (χ3v) is 7.87. The molecular formula is C19H23N3O5S2. The molecule has 0 aromatic heterocycles. The summed E-state index contributed by atoms with van der Waals surface area (Å²) in [5.41, 5.74) is 2.29. The minimum absolute atomic E-state index is 0.0379. The first kappa shape index (κ1) is 21.3. The lowest BCUT2D eigenvalue weighted by atomic mass is 10.1. The van der Waals surface area contributed by atoms with Crippen molar-refractivity contribution in [1.29, 1.82) is 0 Å². The van der Waals surface area contributed by atoms with Crippen molar-refractivity contribution in [1.82, 2.24) is 4.31 Å². The second-order valence-electron chi connectivity index (χ2n) is 6.87. The summed E-state index contributed by atoms with van der Waals surface area (Å²) in [5, 5.41) is 0. The van der Waals surface area contributed by atoms with Crippen LogP contribution in [0.4, 0.5) is 11.4 Å². The zero-order valence-electron chi connectivity index (χ0n) is 16.4. The number of carbonyl (C=O) groups excluding carboxylic acids is 1. The van der Waals surface area contributed by atoms with Crippen LogP contribution in [0.1, 0.15) is 22.8 Å². The molecule has 1 aliphatic heterocycles. The molecule has 0 radical (unpaired) electrons. The highest BCUT2D eigenvalue weighted by Crippen LogP contribution is 2.32. The van der Waals surface area contributed by atoms with Gasteiger partial charge >= 0.3 is 0 Å². The molecule has 0 saturated heterocycles. The minimum atomic E-state index is -3.54. The van der Waals surface area contributed by atoms with Crippen molar-refractivity contribution < 1.29 is 21.6 Å².